The highest BCUT2D eigenvalue weighted by Gasteiger charge is 2.42. The molecule has 4 heterocycles. The largest absolute Gasteiger partial charge is 0.383 e. The minimum absolute atomic E-state index is 0.221. The van der Waals surface area contributed by atoms with Gasteiger partial charge in [-0.05, 0) is 49.6 Å². The summed E-state index contributed by atoms with van der Waals surface area (Å²) in [7, 11) is 0. The molecule has 1 aliphatic carbocycles. The molecule has 0 spiro atoms. The lowest BCUT2D eigenvalue weighted by atomic mass is 10.1. The Morgan fingerprint density at radius 1 is 1.09 bits per heavy atom. The van der Waals surface area contributed by atoms with E-state index in [1.165, 1.54) is 12.7 Å². The number of pyridine rings is 1. The van der Waals surface area contributed by atoms with Crippen molar-refractivity contribution in [1.29, 1.82) is 0 Å². The van der Waals surface area contributed by atoms with Gasteiger partial charge >= 0.3 is 0 Å². The van der Waals surface area contributed by atoms with Gasteiger partial charge in [-0.1, -0.05) is 18.2 Å². The first kappa shape index (κ1) is 18.9. The molecule has 1 saturated heterocycles. The summed E-state index contributed by atoms with van der Waals surface area (Å²) in [6.45, 7) is 1.08. The summed E-state index contributed by atoms with van der Waals surface area (Å²) < 4.78 is 2.02. The van der Waals surface area contributed by atoms with Gasteiger partial charge in [0.1, 0.15) is 23.7 Å². The fourth-order valence-electron chi connectivity index (χ4n) is 4.93. The molecule has 0 radical (unpaired) electrons. The summed E-state index contributed by atoms with van der Waals surface area (Å²) in [6.07, 6.45) is 5.38. The van der Waals surface area contributed by atoms with Gasteiger partial charge < -0.3 is 16.4 Å². The SMILES string of the molecule is Nc1ncnc2c1c(-c1ccc(C(=O)Nc3ccccn3)cc1)nn2[C@H]1C[C@@H]2CN[C@H]1C2. The molecule has 2 fully saturated rings. The number of fused-ring (bicyclic) bond motifs is 3. The van der Waals surface area contributed by atoms with Crippen LogP contribution in [0.1, 0.15) is 29.2 Å². The smallest absolute Gasteiger partial charge is 0.256 e. The zero-order valence-corrected chi connectivity index (χ0v) is 17.3. The third kappa shape index (κ3) is 3.09. The number of nitrogens with two attached hydrogens (primary N) is 1. The van der Waals surface area contributed by atoms with Gasteiger partial charge in [0.15, 0.2) is 5.65 Å². The van der Waals surface area contributed by atoms with Crippen LogP contribution in [0, 0.1) is 5.92 Å². The second kappa shape index (κ2) is 7.38. The highest BCUT2D eigenvalue weighted by atomic mass is 16.1. The number of hydrogen-bond donors (Lipinski definition) is 3. The predicted octanol–water partition coefficient (Wildman–Crippen LogP) is 2.65. The molecule has 9 heteroatoms. The zero-order valence-electron chi connectivity index (χ0n) is 17.3. The molecule has 3 atom stereocenters. The van der Waals surface area contributed by atoms with Gasteiger partial charge in [-0.3, -0.25) is 4.79 Å². The summed E-state index contributed by atoms with van der Waals surface area (Å²) >= 11 is 0. The molecule has 1 aromatic carbocycles. The average Bonchev–Trinajstić information content (AvgIpc) is 3.55. The van der Waals surface area contributed by atoms with Gasteiger partial charge in [0.2, 0.25) is 0 Å². The predicted molar refractivity (Wildman–Crippen MR) is 121 cm³/mol. The van der Waals surface area contributed by atoms with Crippen molar-refractivity contribution >= 4 is 28.6 Å². The van der Waals surface area contributed by atoms with Gasteiger partial charge in [-0.25, -0.2) is 19.6 Å². The second-order valence-corrected chi connectivity index (χ2v) is 8.42. The van der Waals surface area contributed by atoms with Crippen molar-refractivity contribution < 1.29 is 4.79 Å². The number of piperidine rings is 1. The van der Waals surface area contributed by atoms with Gasteiger partial charge in [0, 0.05) is 23.4 Å². The molecule has 2 bridgehead atoms. The monoisotopic (exact) mass is 426 g/mol. The van der Waals surface area contributed by atoms with Crippen LogP contribution in [0.4, 0.5) is 11.6 Å². The molecule has 0 unspecified atom stereocenters. The highest BCUT2D eigenvalue weighted by Crippen LogP contribution is 2.41. The molecular formula is C23H22N8O. The lowest BCUT2D eigenvalue weighted by molar-refractivity contribution is 0.102. The first-order valence-electron chi connectivity index (χ1n) is 10.7. The molecule has 4 N–H and O–H groups in total. The first-order chi connectivity index (χ1) is 15.7. The molecule has 3 aromatic heterocycles. The van der Waals surface area contributed by atoms with Crippen LogP contribution in [0.25, 0.3) is 22.3 Å². The number of amides is 1. The Morgan fingerprint density at radius 3 is 2.69 bits per heavy atom. The number of hydrogen-bond acceptors (Lipinski definition) is 7. The molecule has 1 aliphatic heterocycles. The van der Waals surface area contributed by atoms with Crippen molar-refractivity contribution in [2.75, 3.05) is 17.6 Å². The fourth-order valence-corrected chi connectivity index (χ4v) is 4.93. The summed E-state index contributed by atoms with van der Waals surface area (Å²) in [5.74, 6) is 1.38. The topological polar surface area (TPSA) is 124 Å². The van der Waals surface area contributed by atoms with Crippen molar-refractivity contribution in [1.82, 2.24) is 30.0 Å². The maximum absolute atomic E-state index is 12.6. The lowest BCUT2D eigenvalue weighted by Gasteiger charge is -2.23. The Hall–Kier alpha value is -3.85. The quantitative estimate of drug-likeness (QED) is 0.458. The molecule has 2 aliphatic rings. The van der Waals surface area contributed by atoms with Crippen molar-refractivity contribution in [3.63, 3.8) is 0 Å². The molecule has 32 heavy (non-hydrogen) atoms. The van der Waals surface area contributed by atoms with Crippen LogP contribution in [0.5, 0.6) is 0 Å². The van der Waals surface area contributed by atoms with E-state index in [2.05, 4.69) is 25.6 Å². The second-order valence-electron chi connectivity index (χ2n) is 8.42. The highest BCUT2D eigenvalue weighted by molar-refractivity contribution is 6.04. The van der Waals surface area contributed by atoms with Crippen molar-refractivity contribution in [3.05, 3.63) is 60.6 Å². The van der Waals surface area contributed by atoms with E-state index in [0.717, 1.165) is 35.3 Å². The minimum Gasteiger partial charge on any atom is -0.383 e. The van der Waals surface area contributed by atoms with E-state index in [0.29, 0.717) is 29.2 Å². The number of carbonyl (C=O) groups is 1. The molecule has 6 rings (SSSR count). The lowest BCUT2D eigenvalue weighted by Crippen LogP contribution is -2.35. The number of nitrogens with zero attached hydrogens (tertiary/aromatic N) is 5. The summed E-state index contributed by atoms with van der Waals surface area (Å²) in [5, 5.41) is 12.1. The van der Waals surface area contributed by atoms with Crippen LogP contribution >= 0.6 is 0 Å². The van der Waals surface area contributed by atoms with E-state index in [4.69, 9.17) is 10.8 Å². The van der Waals surface area contributed by atoms with Crippen LogP contribution in [0.2, 0.25) is 0 Å². The van der Waals surface area contributed by atoms with E-state index in [9.17, 15) is 4.79 Å². The first-order valence-corrected chi connectivity index (χ1v) is 10.7. The van der Waals surface area contributed by atoms with Gasteiger partial charge in [0.25, 0.3) is 5.91 Å². The van der Waals surface area contributed by atoms with Gasteiger partial charge in [0.05, 0.1) is 11.4 Å². The Bertz CT molecular complexity index is 1300. The Kier molecular flexibility index (Phi) is 4.36. The maximum Gasteiger partial charge on any atom is 0.256 e. The molecule has 1 amide bonds. The minimum atomic E-state index is -0.221. The van der Waals surface area contributed by atoms with E-state index >= 15 is 0 Å². The van der Waals surface area contributed by atoms with Crippen LogP contribution < -0.4 is 16.4 Å². The molecule has 1 saturated carbocycles. The van der Waals surface area contributed by atoms with Crippen molar-refractivity contribution in [2.24, 2.45) is 5.92 Å². The van der Waals surface area contributed by atoms with Crippen LogP contribution in [-0.4, -0.2) is 43.2 Å². The molecule has 9 nitrogen and oxygen atoms in total. The number of aromatic nitrogens is 5. The van der Waals surface area contributed by atoms with E-state index < -0.39 is 0 Å². The number of nitrogens with one attached hydrogen (secondary N) is 2. The van der Waals surface area contributed by atoms with Gasteiger partial charge in [-0.15, -0.1) is 0 Å². The molecular weight excluding hydrogens is 404 g/mol. The average molecular weight is 426 g/mol. The Morgan fingerprint density at radius 2 is 1.97 bits per heavy atom. The third-order valence-electron chi connectivity index (χ3n) is 6.45. The van der Waals surface area contributed by atoms with Crippen LogP contribution in [0.15, 0.2) is 55.0 Å². The summed E-state index contributed by atoms with van der Waals surface area (Å²) in [4.78, 5) is 25.4. The molecule has 4 aromatic rings. The number of rotatable bonds is 4. The standard InChI is InChI=1S/C23H22N8O/c24-21-19-20(14-4-6-15(7-5-14)23(32)29-18-3-1-2-8-25-18)30-31(22(19)28-12-27-21)17-10-13-9-16(17)26-11-13/h1-8,12-13,16-17,26H,9-11H2,(H2,24,27,28)(H,25,29,32)/t13-,16+,17+/m1/s1. The van der Waals surface area contributed by atoms with Gasteiger partial charge in [-0.2, -0.15) is 5.10 Å². The molecule has 160 valence electrons. The number of nitrogen functional groups attached to an aromatic ring is 1. The third-order valence-corrected chi connectivity index (χ3v) is 6.45. The van der Waals surface area contributed by atoms with E-state index in [1.807, 2.05) is 22.9 Å². The number of carbonyl (C=O) groups excluding carboxylic acids is 1. The Balaban J connectivity index is 1.35. The van der Waals surface area contributed by atoms with Crippen LogP contribution in [0.3, 0.4) is 0 Å². The normalized spacial score (nSPS) is 21.8. The zero-order chi connectivity index (χ0) is 21.7. The Labute approximate surface area is 184 Å². The number of benzene rings is 1. The van der Waals surface area contributed by atoms with E-state index in [1.54, 1.807) is 30.5 Å². The summed E-state index contributed by atoms with van der Waals surface area (Å²) in [6, 6.07) is 13.3. The van der Waals surface area contributed by atoms with Crippen molar-refractivity contribution in [3.8, 4) is 11.3 Å². The summed E-state index contributed by atoms with van der Waals surface area (Å²) in [5.41, 5.74) is 9.14. The van der Waals surface area contributed by atoms with Crippen LogP contribution in [-0.2, 0) is 0 Å². The maximum atomic E-state index is 12.6. The van der Waals surface area contributed by atoms with Crippen molar-refractivity contribution in [2.45, 2.75) is 24.9 Å². The number of anilines is 2. The fraction of sp³-hybridized carbons (Fsp3) is 0.261. The van der Waals surface area contributed by atoms with E-state index in [-0.39, 0.29) is 11.9 Å².